The minimum Gasteiger partial charge on any atom is -0.470 e. The van der Waals surface area contributed by atoms with Crippen molar-refractivity contribution in [2.24, 2.45) is 0 Å². The molecule has 0 bridgehead atoms. The second kappa shape index (κ2) is 10.4. The summed E-state index contributed by atoms with van der Waals surface area (Å²) in [6.07, 6.45) is -0.682. The van der Waals surface area contributed by atoms with Crippen molar-refractivity contribution in [3.05, 3.63) is 32.1 Å². The van der Waals surface area contributed by atoms with Gasteiger partial charge in [-0.15, -0.1) is 0 Å². The lowest BCUT2D eigenvalue weighted by molar-refractivity contribution is 0.0329. The number of aromatic amines is 1. The van der Waals surface area contributed by atoms with Crippen LogP contribution >= 0.6 is 0 Å². The van der Waals surface area contributed by atoms with Crippen molar-refractivity contribution in [2.45, 2.75) is 129 Å². The molecule has 1 aliphatic rings. The molecule has 38 heavy (non-hydrogen) atoms. The molecule has 7 nitrogen and oxygen atoms in total. The molecule has 2 heterocycles. The van der Waals surface area contributed by atoms with Crippen molar-refractivity contribution >= 4 is 44.0 Å². The van der Waals surface area contributed by atoms with Gasteiger partial charge in [0, 0.05) is 16.6 Å². The highest BCUT2D eigenvalue weighted by Crippen LogP contribution is 2.44. The molecule has 0 saturated carbocycles. The molecular formula is C27H54N2O5Si4. The third-order valence-corrected chi connectivity index (χ3v) is 21.5. The van der Waals surface area contributed by atoms with Gasteiger partial charge in [0.25, 0.3) is 5.56 Å². The molecule has 0 saturated heterocycles. The maximum Gasteiger partial charge on any atom is 0.335 e. The summed E-state index contributed by atoms with van der Waals surface area (Å²) >= 11 is 0. The Balaban J connectivity index is 2.83. The molecule has 1 aliphatic heterocycles. The first-order valence-electron chi connectivity index (χ1n) is 13.8. The molecule has 218 valence electrons. The Morgan fingerprint density at radius 1 is 0.842 bits per heavy atom. The number of rotatable bonds is 8. The third-order valence-electron chi connectivity index (χ3n) is 8.48. The van der Waals surface area contributed by atoms with E-state index in [0.717, 1.165) is 10.5 Å². The Morgan fingerprint density at radius 3 is 1.76 bits per heavy atom. The van der Waals surface area contributed by atoms with Gasteiger partial charge in [0.15, 0.2) is 28.6 Å². The number of nitrogens with zero attached hydrogens (tertiary/aromatic N) is 1. The molecule has 11 heteroatoms. The first-order chi connectivity index (χ1) is 16.7. The SMILES string of the molecule is CC(C)(C)[Si](C)(C)OC[C@H]1OC(n2c([Si](C)(C)C)cc(=O)[nH]c2=O)=C([Si](C)(C)C)[C@@H]1O[Si](C)(C)C(C)(C)C. The van der Waals surface area contributed by atoms with Crippen LogP contribution < -0.4 is 16.6 Å². The molecule has 0 radical (unpaired) electrons. The average Bonchev–Trinajstić information content (AvgIpc) is 3.00. The number of aromatic nitrogens is 2. The first-order valence-corrected chi connectivity index (χ1v) is 26.6. The van der Waals surface area contributed by atoms with E-state index in [2.05, 4.69) is 112 Å². The normalized spacial score (nSPS) is 20.2. The van der Waals surface area contributed by atoms with Crippen molar-refractivity contribution in [3.63, 3.8) is 0 Å². The van der Waals surface area contributed by atoms with Crippen molar-refractivity contribution in [3.8, 4) is 0 Å². The fraction of sp³-hybridized carbons (Fsp3) is 0.778. The second-order valence-electron chi connectivity index (χ2n) is 15.9. The van der Waals surface area contributed by atoms with Gasteiger partial charge in [-0.05, 0) is 36.3 Å². The van der Waals surface area contributed by atoms with E-state index >= 15 is 0 Å². The van der Waals surface area contributed by atoms with Gasteiger partial charge in [-0.3, -0.25) is 9.78 Å². The highest BCUT2D eigenvalue weighted by molar-refractivity contribution is 6.88. The highest BCUT2D eigenvalue weighted by atomic mass is 28.4. The van der Waals surface area contributed by atoms with Gasteiger partial charge in [0.2, 0.25) is 0 Å². The van der Waals surface area contributed by atoms with Crippen LogP contribution in [0.2, 0.25) is 75.5 Å². The summed E-state index contributed by atoms with van der Waals surface area (Å²) in [5.41, 5.74) is -0.818. The van der Waals surface area contributed by atoms with E-state index in [0.29, 0.717) is 12.5 Å². The standard InChI is InChI=1S/C27H54N2O5Si4/c1-26(2,3)37(13,14)32-18-19-22(34-38(15,16)27(4,5)6)23(36(10,11)12)24(33-19)29-21(35(7,8)9)17-20(30)28-25(29)31/h17,19,22H,18H2,1-16H3,(H,28,30,31)/t19-,22-/m1/s1. The lowest BCUT2D eigenvalue weighted by Gasteiger charge is -2.42. The Kier molecular flexibility index (Phi) is 9.13. The number of nitrogens with one attached hydrogen (secondary N) is 1. The third kappa shape index (κ3) is 7.01. The van der Waals surface area contributed by atoms with E-state index in [1.54, 1.807) is 10.6 Å². The van der Waals surface area contributed by atoms with Crippen LogP contribution in [0.4, 0.5) is 0 Å². The van der Waals surface area contributed by atoms with Gasteiger partial charge in [-0.25, -0.2) is 9.36 Å². The maximum absolute atomic E-state index is 13.4. The van der Waals surface area contributed by atoms with E-state index in [4.69, 9.17) is 13.6 Å². The molecule has 0 fully saturated rings. The monoisotopic (exact) mass is 598 g/mol. The number of H-pyrrole nitrogens is 1. The van der Waals surface area contributed by atoms with Crippen LogP contribution in [0.5, 0.6) is 0 Å². The van der Waals surface area contributed by atoms with E-state index in [9.17, 15) is 9.59 Å². The summed E-state index contributed by atoms with van der Waals surface area (Å²) in [7, 11) is -8.48. The Morgan fingerprint density at radius 2 is 1.34 bits per heavy atom. The molecule has 0 amide bonds. The zero-order chi connectivity index (χ0) is 29.9. The Bertz CT molecular complexity index is 1170. The Labute approximate surface area is 234 Å². The first kappa shape index (κ1) is 33.2. The number of hydrogen-bond acceptors (Lipinski definition) is 5. The predicted molar refractivity (Wildman–Crippen MR) is 171 cm³/mol. The molecule has 1 aromatic rings. The molecule has 0 aliphatic carbocycles. The fourth-order valence-electron chi connectivity index (χ4n) is 4.00. The highest BCUT2D eigenvalue weighted by Gasteiger charge is 2.51. The maximum atomic E-state index is 13.4. The zero-order valence-electron chi connectivity index (χ0n) is 26.9. The summed E-state index contributed by atoms with van der Waals surface area (Å²) in [6.45, 7) is 36.1. The molecular weight excluding hydrogens is 545 g/mol. The van der Waals surface area contributed by atoms with Crippen LogP contribution in [0.3, 0.4) is 0 Å². The van der Waals surface area contributed by atoms with Gasteiger partial charge in [0.1, 0.15) is 6.10 Å². The van der Waals surface area contributed by atoms with E-state index in [1.807, 2.05) is 0 Å². The van der Waals surface area contributed by atoms with Gasteiger partial charge < -0.3 is 13.6 Å². The molecule has 1 N–H and O–H groups in total. The quantitative estimate of drug-likeness (QED) is 0.375. The van der Waals surface area contributed by atoms with Crippen LogP contribution in [0.1, 0.15) is 41.5 Å². The van der Waals surface area contributed by atoms with Crippen LogP contribution in [-0.2, 0) is 13.6 Å². The molecule has 2 rings (SSSR count). The van der Waals surface area contributed by atoms with E-state index in [-0.39, 0.29) is 27.8 Å². The van der Waals surface area contributed by atoms with Gasteiger partial charge in [-0.1, -0.05) is 80.8 Å². The van der Waals surface area contributed by atoms with Crippen molar-refractivity contribution < 1.29 is 13.6 Å². The minimum absolute atomic E-state index is 0.00342. The van der Waals surface area contributed by atoms with E-state index < -0.39 is 38.5 Å². The molecule has 2 atom stereocenters. The largest absolute Gasteiger partial charge is 0.470 e. The molecule has 0 aromatic carbocycles. The van der Waals surface area contributed by atoms with Crippen molar-refractivity contribution in [1.29, 1.82) is 0 Å². The molecule has 0 spiro atoms. The van der Waals surface area contributed by atoms with Crippen molar-refractivity contribution in [2.75, 3.05) is 6.61 Å². The Hall–Kier alpha value is -0.992. The van der Waals surface area contributed by atoms with Crippen LogP contribution in [0.25, 0.3) is 5.88 Å². The number of hydrogen-bond donors (Lipinski definition) is 1. The number of ether oxygens (including phenoxy) is 1. The second-order valence-corrected chi connectivity index (χ2v) is 35.5. The van der Waals surface area contributed by atoms with Crippen LogP contribution in [-0.4, -0.2) is 61.1 Å². The topological polar surface area (TPSA) is 82.5 Å². The van der Waals surface area contributed by atoms with E-state index in [1.165, 1.54) is 0 Å². The van der Waals surface area contributed by atoms with Crippen LogP contribution in [0.15, 0.2) is 20.9 Å². The summed E-state index contributed by atoms with van der Waals surface area (Å²) in [5, 5.41) is 1.90. The van der Waals surface area contributed by atoms with Crippen molar-refractivity contribution in [1.82, 2.24) is 9.55 Å². The smallest absolute Gasteiger partial charge is 0.335 e. The predicted octanol–water partition coefficient (Wildman–Crippen LogP) is 5.94. The lowest BCUT2D eigenvalue weighted by atomic mass is 10.2. The summed E-state index contributed by atoms with van der Waals surface area (Å²) in [5.74, 6) is 0.551. The summed E-state index contributed by atoms with van der Waals surface area (Å²) in [4.78, 5) is 28.4. The minimum atomic E-state index is -2.22. The zero-order valence-corrected chi connectivity index (χ0v) is 30.9. The summed E-state index contributed by atoms with van der Waals surface area (Å²) < 4.78 is 22.3. The lowest BCUT2D eigenvalue weighted by Crippen LogP contribution is -2.52. The molecule has 1 aromatic heterocycles. The van der Waals surface area contributed by atoms with Crippen LogP contribution in [0, 0.1) is 0 Å². The van der Waals surface area contributed by atoms with Gasteiger partial charge in [0.05, 0.1) is 22.8 Å². The van der Waals surface area contributed by atoms with Gasteiger partial charge in [-0.2, -0.15) is 0 Å². The molecule has 0 unspecified atom stereocenters. The van der Waals surface area contributed by atoms with Gasteiger partial charge >= 0.3 is 5.69 Å². The fourth-order valence-corrected chi connectivity index (χ4v) is 9.74. The average molecular weight is 599 g/mol. The summed E-state index contributed by atoms with van der Waals surface area (Å²) in [6, 6.07) is 1.58.